The third kappa shape index (κ3) is 2.40. The van der Waals surface area contributed by atoms with Gasteiger partial charge in [0.25, 0.3) is 6.43 Å². The summed E-state index contributed by atoms with van der Waals surface area (Å²) in [7, 11) is 0. The summed E-state index contributed by atoms with van der Waals surface area (Å²) in [6.07, 6.45) is -37.8. The highest BCUT2D eigenvalue weighted by Crippen LogP contribution is 2.70. The van der Waals surface area contributed by atoms with Crippen LogP contribution in [-0.2, 0) is 18.9 Å². The highest BCUT2D eigenvalue weighted by molar-refractivity contribution is 5.12. The molecule has 0 saturated carbocycles. The van der Waals surface area contributed by atoms with Gasteiger partial charge in [-0.3, -0.25) is 9.47 Å². The van der Waals surface area contributed by atoms with Crippen molar-refractivity contribution in [1.82, 2.24) is 0 Å². The molecular weight excluding hydrogens is 400 g/mol. The standard InChI is InChI=1S/C9H2F12O4/c10-1(11)3-22-6(14,15)5(7(16,17)23-3)8(18,19)24-4(2(12)13)25-9(5,20)21/h1,3H. The number of ether oxygens (including phenoxy) is 4. The lowest BCUT2D eigenvalue weighted by molar-refractivity contribution is -0.627. The van der Waals surface area contributed by atoms with Gasteiger partial charge in [-0.25, -0.2) is 8.78 Å². The summed E-state index contributed by atoms with van der Waals surface area (Å²) in [6.45, 7) is 0. The molecule has 2 fully saturated rings. The van der Waals surface area contributed by atoms with E-state index in [1.54, 1.807) is 0 Å². The van der Waals surface area contributed by atoms with Crippen LogP contribution in [0.1, 0.15) is 0 Å². The Balaban J connectivity index is 2.73. The molecular formula is C9H2F12O4. The minimum atomic E-state index is -6.55. The first kappa shape index (κ1) is 19.7. The van der Waals surface area contributed by atoms with Crippen molar-refractivity contribution in [2.24, 2.45) is 5.41 Å². The Labute approximate surface area is 127 Å². The van der Waals surface area contributed by atoms with Crippen molar-refractivity contribution in [2.45, 2.75) is 37.1 Å². The molecule has 0 aromatic carbocycles. The smallest absolute Gasteiger partial charge is 0.395 e. The van der Waals surface area contributed by atoms with Crippen LogP contribution in [0, 0.1) is 5.41 Å². The van der Waals surface area contributed by atoms with Crippen molar-refractivity contribution in [1.29, 1.82) is 0 Å². The molecule has 0 aromatic rings. The van der Waals surface area contributed by atoms with Crippen molar-refractivity contribution < 1.29 is 71.6 Å². The first-order valence-corrected chi connectivity index (χ1v) is 5.61. The molecule has 0 N–H and O–H groups in total. The number of alkyl halides is 10. The zero-order valence-electron chi connectivity index (χ0n) is 10.8. The Morgan fingerprint density at radius 2 is 1.08 bits per heavy atom. The SMILES string of the molecule is FC(F)=C1OC(F)(F)C2(C(F)(F)O1)C(F)(F)OC(C(F)F)OC2(F)F. The van der Waals surface area contributed by atoms with Gasteiger partial charge in [-0.2, -0.15) is 43.9 Å². The van der Waals surface area contributed by atoms with Crippen molar-refractivity contribution in [3.8, 4) is 0 Å². The fourth-order valence-corrected chi connectivity index (χ4v) is 2.10. The normalized spacial score (nSPS) is 35.2. The largest absolute Gasteiger partial charge is 0.433 e. The predicted molar refractivity (Wildman–Crippen MR) is 45.6 cm³/mol. The average molecular weight is 402 g/mol. The Kier molecular flexibility index (Phi) is 4.12. The number of hydrogen-bond donors (Lipinski definition) is 0. The van der Waals surface area contributed by atoms with E-state index in [4.69, 9.17) is 0 Å². The maximum Gasteiger partial charge on any atom is 0.433 e. The van der Waals surface area contributed by atoms with E-state index in [0.29, 0.717) is 0 Å². The van der Waals surface area contributed by atoms with E-state index in [0.717, 1.165) is 0 Å². The molecule has 0 aliphatic carbocycles. The van der Waals surface area contributed by atoms with Crippen LogP contribution in [0.5, 0.6) is 0 Å². The van der Waals surface area contributed by atoms with Gasteiger partial charge in [0.05, 0.1) is 0 Å². The lowest BCUT2D eigenvalue weighted by Crippen LogP contribution is -2.79. The maximum atomic E-state index is 13.7. The third-order valence-electron chi connectivity index (χ3n) is 3.08. The number of halogens is 12. The average Bonchev–Trinajstić information content (AvgIpc) is 2.32. The number of rotatable bonds is 1. The van der Waals surface area contributed by atoms with Crippen LogP contribution >= 0.6 is 0 Å². The highest BCUT2D eigenvalue weighted by Gasteiger charge is 2.99. The van der Waals surface area contributed by atoms with E-state index in [9.17, 15) is 52.7 Å². The summed E-state index contributed by atoms with van der Waals surface area (Å²) in [5, 5.41) is 0. The molecule has 1 spiro atoms. The van der Waals surface area contributed by atoms with Gasteiger partial charge in [0, 0.05) is 0 Å². The van der Waals surface area contributed by atoms with Crippen molar-refractivity contribution in [2.75, 3.05) is 0 Å². The molecule has 0 radical (unpaired) electrons. The lowest BCUT2D eigenvalue weighted by atomic mass is 9.80. The molecule has 2 heterocycles. The van der Waals surface area contributed by atoms with Crippen molar-refractivity contribution in [3.63, 3.8) is 0 Å². The molecule has 2 saturated heterocycles. The lowest BCUT2D eigenvalue weighted by Gasteiger charge is -2.54. The zero-order chi connectivity index (χ0) is 19.6. The van der Waals surface area contributed by atoms with Crippen LogP contribution in [0.2, 0.25) is 0 Å². The van der Waals surface area contributed by atoms with Gasteiger partial charge in [0.2, 0.25) is 6.29 Å². The van der Waals surface area contributed by atoms with E-state index >= 15 is 0 Å². The molecule has 2 aliphatic heterocycles. The summed E-state index contributed by atoms with van der Waals surface area (Å²) in [6, 6.07) is 0. The zero-order valence-corrected chi connectivity index (χ0v) is 10.8. The van der Waals surface area contributed by atoms with Gasteiger partial charge >= 0.3 is 41.9 Å². The summed E-state index contributed by atoms with van der Waals surface area (Å²) in [4.78, 5) is 0. The molecule has 0 bridgehead atoms. The molecule has 0 unspecified atom stereocenters. The summed E-state index contributed by atoms with van der Waals surface area (Å²) >= 11 is 0. The van der Waals surface area contributed by atoms with Crippen molar-refractivity contribution in [3.05, 3.63) is 12.0 Å². The van der Waals surface area contributed by atoms with Crippen LogP contribution in [-0.4, -0.2) is 37.1 Å². The molecule has 0 atom stereocenters. The molecule has 0 amide bonds. The fourth-order valence-electron chi connectivity index (χ4n) is 2.10. The maximum absolute atomic E-state index is 13.7. The fraction of sp³-hybridized carbons (Fsp3) is 0.778. The second-order valence-electron chi connectivity index (χ2n) is 4.51. The monoisotopic (exact) mass is 402 g/mol. The Morgan fingerprint density at radius 3 is 1.36 bits per heavy atom. The van der Waals surface area contributed by atoms with Gasteiger partial charge in [-0.15, -0.1) is 0 Å². The number of hydrogen-bond acceptors (Lipinski definition) is 4. The minimum absolute atomic E-state index is 2.72. The molecule has 146 valence electrons. The van der Waals surface area contributed by atoms with E-state index in [2.05, 4.69) is 18.9 Å². The minimum Gasteiger partial charge on any atom is -0.395 e. The summed E-state index contributed by atoms with van der Waals surface area (Å²) < 4.78 is 170. The molecule has 16 heteroatoms. The van der Waals surface area contributed by atoms with E-state index in [1.807, 2.05) is 0 Å². The highest BCUT2D eigenvalue weighted by atomic mass is 19.3. The van der Waals surface area contributed by atoms with E-state index in [1.165, 1.54) is 0 Å². The summed E-state index contributed by atoms with van der Waals surface area (Å²) in [5.41, 5.74) is -6.55. The van der Waals surface area contributed by atoms with E-state index in [-0.39, 0.29) is 0 Å². The first-order chi connectivity index (χ1) is 11.0. The van der Waals surface area contributed by atoms with Gasteiger partial charge in [0.1, 0.15) is 0 Å². The van der Waals surface area contributed by atoms with Gasteiger partial charge < -0.3 is 9.47 Å². The Bertz CT molecular complexity index is 543. The van der Waals surface area contributed by atoms with Gasteiger partial charge in [-0.05, 0) is 0 Å². The molecule has 2 aliphatic rings. The third-order valence-corrected chi connectivity index (χ3v) is 3.08. The van der Waals surface area contributed by atoms with Crippen LogP contribution in [0.3, 0.4) is 0 Å². The molecule has 0 aromatic heterocycles. The first-order valence-electron chi connectivity index (χ1n) is 5.61. The Hall–Kier alpha value is -1.58. The van der Waals surface area contributed by atoms with Crippen molar-refractivity contribution >= 4 is 0 Å². The van der Waals surface area contributed by atoms with Crippen LogP contribution in [0.25, 0.3) is 0 Å². The second kappa shape index (κ2) is 5.21. The Morgan fingerprint density at radius 1 is 0.720 bits per heavy atom. The van der Waals surface area contributed by atoms with Crippen LogP contribution in [0.4, 0.5) is 52.7 Å². The molecule has 2 rings (SSSR count). The molecule has 4 nitrogen and oxygen atoms in total. The van der Waals surface area contributed by atoms with Crippen LogP contribution in [0.15, 0.2) is 12.0 Å². The quantitative estimate of drug-likeness (QED) is 0.620. The topological polar surface area (TPSA) is 36.9 Å². The van der Waals surface area contributed by atoms with Gasteiger partial charge in [0.15, 0.2) is 0 Å². The molecule has 25 heavy (non-hydrogen) atoms. The van der Waals surface area contributed by atoms with E-state index < -0.39 is 54.6 Å². The second-order valence-corrected chi connectivity index (χ2v) is 4.51. The predicted octanol–water partition coefficient (Wildman–Crippen LogP) is 4.09. The van der Waals surface area contributed by atoms with Crippen LogP contribution < -0.4 is 0 Å². The summed E-state index contributed by atoms with van der Waals surface area (Å²) in [5.74, 6) is -3.04. The van der Waals surface area contributed by atoms with Gasteiger partial charge in [-0.1, -0.05) is 0 Å².